The van der Waals surface area contributed by atoms with Crippen molar-refractivity contribution in [2.75, 3.05) is 52.4 Å². The summed E-state index contributed by atoms with van der Waals surface area (Å²) in [6.45, 7) is 20.9. The molecule has 0 fully saturated rings. The van der Waals surface area contributed by atoms with Gasteiger partial charge in [-0.2, -0.15) is 5.10 Å². The van der Waals surface area contributed by atoms with Crippen LogP contribution in [-0.2, 0) is 6.54 Å². The maximum atomic E-state index is 4.40. The molecule has 0 bridgehead atoms. The average molecular weight is 310 g/mol. The number of aromatic nitrogens is 2. The molecular formula is C17H35N5. The summed E-state index contributed by atoms with van der Waals surface area (Å²) in [7, 11) is 0. The third-order valence-electron chi connectivity index (χ3n) is 4.40. The van der Waals surface area contributed by atoms with Gasteiger partial charge in [-0.15, -0.1) is 0 Å². The molecule has 0 aliphatic rings. The Labute approximate surface area is 136 Å². The Bertz CT molecular complexity index is 366. The summed E-state index contributed by atoms with van der Waals surface area (Å²) in [4.78, 5) is 7.51. The van der Waals surface area contributed by atoms with Gasteiger partial charge in [0, 0.05) is 38.4 Å². The Hall–Kier alpha value is -0.910. The van der Waals surface area contributed by atoms with E-state index >= 15 is 0 Å². The molecule has 0 aliphatic heterocycles. The third kappa shape index (κ3) is 6.90. The van der Waals surface area contributed by atoms with E-state index in [-0.39, 0.29) is 0 Å². The van der Waals surface area contributed by atoms with Crippen molar-refractivity contribution >= 4 is 0 Å². The van der Waals surface area contributed by atoms with E-state index in [1.54, 1.807) is 0 Å². The summed E-state index contributed by atoms with van der Waals surface area (Å²) in [5.74, 6) is 0. The van der Waals surface area contributed by atoms with Gasteiger partial charge >= 0.3 is 0 Å². The SMILES string of the molecule is CCN(CC)CCN(CCN(CC)CC)Cc1cc(C)[nH]n1. The minimum Gasteiger partial charge on any atom is -0.303 e. The van der Waals surface area contributed by atoms with Gasteiger partial charge in [-0.1, -0.05) is 27.7 Å². The Morgan fingerprint density at radius 2 is 1.27 bits per heavy atom. The first-order chi connectivity index (χ1) is 10.6. The number of hydrogen-bond donors (Lipinski definition) is 1. The van der Waals surface area contributed by atoms with Crippen LogP contribution in [0.4, 0.5) is 0 Å². The smallest absolute Gasteiger partial charge is 0.0765 e. The molecule has 0 aliphatic carbocycles. The first-order valence-electron chi connectivity index (χ1n) is 8.80. The lowest BCUT2D eigenvalue weighted by molar-refractivity contribution is 0.179. The molecule has 0 amide bonds. The molecule has 0 aromatic carbocycles. The standard InChI is InChI=1S/C17H35N5/c1-6-20(7-2)10-12-22(13-11-21(8-3)9-4)15-17-14-16(5)18-19-17/h14H,6-13,15H2,1-5H3,(H,18,19). The van der Waals surface area contributed by atoms with Gasteiger partial charge in [0.15, 0.2) is 0 Å². The molecule has 0 spiro atoms. The quantitative estimate of drug-likeness (QED) is 0.642. The molecule has 5 heteroatoms. The first-order valence-corrected chi connectivity index (χ1v) is 8.80. The zero-order valence-electron chi connectivity index (χ0n) is 15.2. The van der Waals surface area contributed by atoms with E-state index in [4.69, 9.17) is 0 Å². The van der Waals surface area contributed by atoms with Gasteiger partial charge in [-0.05, 0) is 39.2 Å². The molecule has 0 unspecified atom stereocenters. The number of aryl methyl sites for hydroxylation is 1. The molecule has 22 heavy (non-hydrogen) atoms. The van der Waals surface area contributed by atoms with Crippen LogP contribution < -0.4 is 0 Å². The van der Waals surface area contributed by atoms with Gasteiger partial charge in [0.05, 0.1) is 5.69 Å². The molecular weight excluding hydrogens is 274 g/mol. The molecule has 1 N–H and O–H groups in total. The van der Waals surface area contributed by atoms with Crippen LogP contribution in [0.1, 0.15) is 39.1 Å². The molecule has 0 radical (unpaired) electrons. The van der Waals surface area contributed by atoms with E-state index in [9.17, 15) is 0 Å². The highest BCUT2D eigenvalue weighted by Gasteiger charge is 2.11. The number of hydrogen-bond acceptors (Lipinski definition) is 4. The van der Waals surface area contributed by atoms with Gasteiger partial charge in [0.2, 0.25) is 0 Å². The van der Waals surface area contributed by atoms with Crippen LogP contribution in [0, 0.1) is 6.92 Å². The number of nitrogens with one attached hydrogen (secondary N) is 1. The van der Waals surface area contributed by atoms with Crippen molar-refractivity contribution in [3.8, 4) is 0 Å². The molecule has 0 atom stereocenters. The van der Waals surface area contributed by atoms with E-state index in [1.807, 2.05) is 0 Å². The van der Waals surface area contributed by atoms with Crippen molar-refractivity contribution in [1.82, 2.24) is 24.9 Å². The highest BCUT2D eigenvalue weighted by Crippen LogP contribution is 2.04. The summed E-state index contributed by atoms with van der Waals surface area (Å²) in [5, 5.41) is 7.45. The average Bonchev–Trinajstić information content (AvgIpc) is 2.94. The zero-order chi connectivity index (χ0) is 16.4. The minimum atomic E-state index is 0.937. The fourth-order valence-corrected chi connectivity index (χ4v) is 2.70. The van der Waals surface area contributed by atoms with Gasteiger partial charge in [0.1, 0.15) is 0 Å². The summed E-state index contributed by atoms with van der Waals surface area (Å²) in [6, 6.07) is 2.15. The van der Waals surface area contributed by atoms with Crippen LogP contribution in [0.2, 0.25) is 0 Å². The highest BCUT2D eigenvalue weighted by atomic mass is 15.2. The molecule has 1 aromatic heterocycles. The predicted molar refractivity (Wildman–Crippen MR) is 94.2 cm³/mol. The van der Waals surface area contributed by atoms with Gasteiger partial charge < -0.3 is 9.80 Å². The second-order valence-corrected chi connectivity index (χ2v) is 5.87. The van der Waals surface area contributed by atoms with Crippen LogP contribution in [0.15, 0.2) is 6.07 Å². The maximum Gasteiger partial charge on any atom is 0.0765 e. The molecule has 1 rings (SSSR count). The van der Waals surface area contributed by atoms with Crippen LogP contribution in [0.25, 0.3) is 0 Å². The van der Waals surface area contributed by atoms with Crippen molar-refractivity contribution in [2.45, 2.75) is 41.2 Å². The summed E-state index contributed by atoms with van der Waals surface area (Å²) in [5.41, 5.74) is 2.29. The van der Waals surface area contributed by atoms with E-state index in [0.717, 1.165) is 70.3 Å². The lowest BCUT2D eigenvalue weighted by Crippen LogP contribution is -2.39. The van der Waals surface area contributed by atoms with Crippen molar-refractivity contribution in [1.29, 1.82) is 0 Å². The van der Waals surface area contributed by atoms with Gasteiger partial charge in [0.25, 0.3) is 0 Å². The Morgan fingerprint density at radius 1 is 0.818 bits per heavy atom. The number of aromatic amines is 1. The van der Waals surface area contributed by atoms with E-state index in [1.165, 1.54) is 0 Å². The van der Waals surface area contributed by atoms with E-state index in [2.05, 4.69) is 65.6 Å². The third-order valence-corrected chi connectivity index (χ3v) is 4.40. The normalized spacial score (nSPS) is 12.0. The zero-order valence-corrected chi connectivity index (χ0v) is 15.2. The maximum absolute atomic E-state index is 4.40. The Kier molecular flexibility index (Phi) is 9.36. The fraction of sp³-hybridized carbons (Fsp3) is 0.824. The fourth-order valence-electron chi connectivity index (χ4n) is 2.70. The van der Waals surface area contributed by atoms with Crippen LogP contribution >= 0.6 is 0 Å². The summed E-state index contributed by atoms with van der Waals surface area (Å²) >= 11 is 0. The molecule has 1 aromatic rings. The van der Waals surface area contributed by atoms with Crippen molar-refractivity contribution in [2.24, 2.45) is 0 Å². The van der Waals surface area contributed by atoms with Gasteiger partial charge in [-0.25, -0.2) is 0 Å². The Morgan fingerprint density at radius 3 is 1.64 bits per heavy atom. The van der Waals surface area contributed by atoms with E-state index in [0.29, 0.717) is 0 Å². The minimum absolute atomic E-state index is 0.937. The molecule has 0 saturated carbocycles. The van der Waals surface area contributed by atoms with Crippen LogP contribution in [0.3, 0.4) is 0 Å². The topological polar surface area (TPSA) is 38.4 Å². The molecule has 5 nitrogen and oxygen atoms in total. The number of nitrogens with zero attached hydrogens (tertiary/aromatic N) is 4. The molecule has 128 valence electrons. The second-order valence-electron chi connectivity index (χ2n) is 5.87. The molecule has 0 saturated heterocycles. The predicted octanol–water partition coefficient (Wildman–Crippen LogP) is 2.20. The van der Waals surface area contributed by atoms with Crippen molar-refractivity contribution < 1.29 is 0 Å². The van der Waals surface area contributed by atoms with E-state index < -0.39 is 0 Å². The van der Waals surface area contributed by atoms with Crippen LogP contribution in [0.5, 0.6) is 0 Å². The lowest BCUT2D eigenvalue weighted by atomic mass is 10.3. The van der Waals surface area contributed by atoms with Crippen molar-refractivity contribution in [3.05, 3.63) is 17.5 Å². The first kappa shape index (κ1) is 19.1. The summed E-state index contributed by atoms with van der Waals surface area (Å²) < 4.78 is 0. The summed E-state index contributed by atoms with van der Waals surface area (Å²) in [6.07, 6.45) is 0. The van der Waals surface area contributed by atoms with Crippen molar-refractivity contribution in [3.63, 3.8) is 0 Å². The van der Waals surface area contributed by atoms with Gasteiger partial charge in [-0.3, -0.25) is 10.00 Å². The highest BCUT2D eigenvalue weighted by molar-refractivity contribution is 5.06. The molecule has 1 heterocycles. The number of rotatable bonds is 12. The number of likely N-dealkylation sites (N-methyl/N-ethyl adjacent to an activating group) is 2. The Balaban J connectivity index is 2.55. The number of H-pyrrole nitrogens is 1. The largest absolute Gasteiger partial charge is 0.303 e. The van der Waals surface area contributed by atoms with Crippen LogP contribution in [-0.4, -0.2) is 77.3 Å². The second kappa shape index (κ2) is 10.8. The lowest BCUT2D eigenvalue weighted by Gasteiger charge is -2.28. The monoisotopic (exact) mass is 309 g/mol.